The summed E-state index contributed by atoms with van der Waals surface area (Å²) in [4.78, 5) is 42.0. The van der Waals surface area contributed by atoms with E-state index in [4.69, 9.17) is 11.6 Å². The van der Waals surface area contributed by atoms with Crippen LogP contribution in [0.5, 0.6) is 0 Å². The number of halogens is 1. The van der Waals surface area contributed by atoms with Gasteiger partial charge in [0.05, 0.1) is 11.4 Å². The number of barbiturate groups is 1. The van der Waals surface area contributed by atoms with Crippen LogP contribution in [-0.4, -0.2) is 24.1 Å². The number of nitrogens with zero attached hydrogens (tertiary/aromatic N) is 2. The summed E-state index contributed by atoms with van der Waals surface area (Å²) in [6.45, 7) is 3.93. The van der Waals surface area contributed by atoms with Crippen LogP contribution in [0.1, 0.15) is 11.1 Å². The number of imide groups is 2. The van der Waals surface area contributed by atoms with Crippen molar-refractivity contribution in [2.75, 3.05) is 4.90 Å². The molecule has 0 bridgehead atoms. The lowest BCUT2D eigenvalue weighted by Crippen LogP contribution is -2.58. The van der Waals surface area contributed by atoms with E-state index in [0.717, 1.165) is 16.0 Å². The fraction of sp³-hybridized carbons (Fsp3) is 0.158. The minimum absolute atomic E-state index is 0.328. The topological polar surface area (TPSA) is 78.8 Å². The highest BCUT2D eigenvalue weighted by molar-refractivity contribution is 6.33. The Morgan fingerprint density at radius 3 is 2.38 bits per heavy atom. The van der Waals surface area contributed by atoms with Crippen molar-refractivity contribution in [3.63, 3.8) is 0 Å². The lowest BCUT2D eigenvalue weighted by Gasteiger charge is -2.28. The van der Waals surface area contributed by atoms with E-state index in [-0.39, 0.29) is 0 Å². The van der Waals surface area contributed by atoms with Crippen molar-refractivity contribution in [3.8, 4) is 0 Å². The molecule has 2 aromatic rings. The Kier molecular flexibility index (Phi) is 4.86. The van der Waals surface area contributed by atoms with E-state index < -0.39 is 23.8 Å². The number of hydrogen-bond acceptors (Lipinski definition) is 4. The van der Waals surface area contributed by atoms with Gasteiger partial charge in [-0.2, -0.15) is 0 Å². The average molecular weight is 370 g/mol. The van der Waals surface area contributed by atoms with Crippen LogP contribution in [0.3, 0.4) is 0 Å². The molecule has 1 saturated heterocycles. The van der Waals surface area contributed by atoms with Gasteiger partial charge in [-0.15, -0.1) is 0 Å². The van der Waals surface area contributed by atoms with Gasteiger partial charge in [0.15, 0.2) is 5.92 Å². The van der Waals surface area contributed by atoms with E-state index in [1.165, 1.54) is 18.3 Å². The quantitative estimate of drug-likeness (QED) is 0.663. The highest BCUT2D eigenvalue weighted by atomic mass is 35.5. The highest BCUT2D eigenvalue weighted by Gasteiger charge is 2.40. The number of nitrogens with one attached hydrogen (secondary N) is 1. The minimum atomic E-state index is -1.19. The van der Waals surface area contributed by atoms with E-state index in [1.807, 2.05) is 26.0 Å². The lowest BCUT2D eigenvalue weighted by molar-refractivity contribution is -0.131. The molecule has 1 N–H and O–H groups in total. The van der Waals surface area contributed by atoms with Gasteiger partial charge in [-0.3, -0.25) is 19.9 Å². The molecule has 0 radical (unpaired) electrons. The molecule has 4 amide bonds. The number of anilines is 1. The number of carbonyl (C=O) groups is 3. The molecular formula is C19H16ClN3O3. The Bertz CT molecular complexity index is 922. The normalized spacial score (nSPS) is 17.7. The summed E-state index contributed by atoms with van der Waals surface area (Å²) in [7, 11) is 0. The van der Waals surface area contributed by atoms with Gasteiger partial charge in [-0.25, -0.2) is 9.69 Å². The second-order valence-corrected chi connectivity index (χ2v) is 6.41. The van der Waals surface area contributed by atoms with Crippen LogP contribution < -0.4 is 10.2 Å². The zero-order valence-electron chi connectivity index (χ0n) is 14.2. The van der Waals surface area contributed by atoms with E-state index in [9.17, 15) is 14.4 Å². The van der Waals surface area contributed by atoms with Crippen molar-refractivity contribution in [1.82, 2.24) is 5.32 Å². The third-order valence-electron chi connectivity index (χ3n) is 4.15. The number of rotatable bonds is 3. The molecule has 3 rings (SSSR count). The maximum Gasteiger partial charge on any atom is 0.335 e. The number of aliphatic imine (C=N–C) groups is 1. The molecule has 1 aliphatic heterocycles. The predicted molar refractivity (Wildman–Crippen MR) is 100 cm³/mol. The fourth-order valence-electron chi connectivity index (χ4n) is 2.52. The lowest BCUT2D eigenvalue weighted by atomic mass is 10.1. The smallest absolute Gasteiger partial charge is 0.276 e. The average Bonchev–Trinajstić information content (AvgIpc) is 2.59. The zero-order valence-corrected chi connectivity index (χ0v) is 14.9. The van der Waals surface area contributed by atoms with E-state index >= 15 is 0 Å². The molecule has 7 heteroatoms. The molecule has 0 saturated carbocycles. The number of amides is 4. The zero-order chi connectivity index (χ0) is 18.8. The van der Waals surface area contributed by atoms with Crippen LogP contribution in [0, 0.1) is 19.8 Å². The number of hydrogen-bond donors (Lipinski definition) is 1. The maximum absolute atomic E-state index is 12.7. The Balaban J connectivity index is 1.88. The van der Waals surface area contributed by atoms with E-state index in [0.29, 0.717) is 16.4 Å². The van der Waals surface area contributed by atoms with Crippen LogP contribution >= 0.6 is 11.6 Å². The molecule has 0 spiro atoms. The second-order valence-electron chi connectivity index (χ2n) is 5.97. The molecule has 6 nitrogen and oxygen atoms in total. The maximum atomic E-state index is 12.7. The molecule has 1 atom stereocenters. The highest BCUT2D eigenvalue weighted by Crippen LogP contribution is 2.23. The van der Waals surface area contributed by atoms with Gasteiger partial charge in [0, 0.05) is 11.2 Å². The van der Waals surface area contributed by atoms with Crippen LogP contribution in [0.4, 0.5) is 16.2 Å². The van der Waals surface area contributed by atoms with Gasteiger partial charge >= 0.3 is 6.03 Å². The van der Waals surface area contributed by atoms with Crippen LogP contribution in [-0.2, 0) is 9.59 Å². The van der Waals surface area contributed by atoms with Crippen molar-refractivity contribution >= 4 is 47.0 Å². The minimum Gasteiger partial charge on any atom is -0.276 e. The third-order valence-corrected chi connectivity index (χ3v) is 4.40. The summed E-state index contributed by atoms with van der Waals surface area (Å²) < 4.78 is 0. The van der Waals surface area contributed by atoms with Gasteiger partial charge in [0.1, 0.15) is 0 Å². The van der Waals surface area contributed by atoms with Crippen LogP contribution in [0.2, 0.25) is 5.02 Å². The van der Waals surface area contributed by atoms with Crippen molar-refractivity contribution in [1.29, 1.82) is 0 Å². The predicted octanol–water partition coefficient (Wildman–Crippen LogP) is 3.56. The molecule has 1 fully saturated rings. The largest absolute Gasteiger partial charge is 0.335 e. The van der Waals surface area contributed by atoms with Gasteiger partial charge in [-0.1, -0.05) is 17.7 Å². The first-order valence-electron chi connectivity index (χ1n) is 7.92. The molecule has 0 unspecified atom stereocenters. The first kappa shape index (κ1) is 17.8. The Morgan fingerprint density at radius 2 is 1.73 bits per heavy atom. The van der Waals surface area contributed by atoms with Crippen molar-refractivity contribution in [2.24, 2.45) is 10.9 Å². The van der Waals surface area contributed by atoms with Gasteiger partial charge in [-0.05, 0) is 61.4 Å². The monoisotopic (exact) mass is 369 g/mol. The van der Waals surface area contributed by atoms with E-state index in [2.05, 4.69) is 10.3 Å². The first-order chi connectivity index (χ1) is 12.4. The van der Waals surface area contributed by atoms with Gasteiger partial charge in [0.2, 0.25) is 5.91 Å². The van der Waals surface area contributed by atoms with Crippen molar-refractivity contribution in [3.05, 3.63) is 58.6 Å². The summed E-state index contributed by atoms with van der Waals surface area (Å²) >= 11 is 5.84. The SMILES string of the molecule is Cc1ccc(N=C[C@@H]2C(=O)NC(=O)N(c3ccc(Cl)cc3)C2=O)cc1C. The molecule has 132 valence electrons. The standard InChI is InChI=1S/C19H16ClN3O3/c1-11-3-6-14(9-12(11)2)21-10-16-17(24)22-19(26)23(18(16)25)15-7-4-13(20)5-8-15/h3-10,16H,1-2H3,(H,22,24,26)/t16-/m1/s1. The molecule has 0 aromatic heterocycles. The number of benzene rings is 2. The first-order valence-corrected chi connectivity index (χ1v) is 8.30. The molecule has 2 aromatic carbocycles. The van der Waals surface area contributed by atoms with Crippen molar-refractivity contribution in [2.45, 2.75) is 13.8 Å². The molecule has 0 aliphatic carbocycles. The summed E-state index contributed by atoms with van der Waals surface area (Å²) in [5.74, 6) is -2.54. The Morgan fingerprint density at radius 1 is 1.04 bits per heavy atom. The van der Waals surface area contributed by atoms with Gasteiger partial charge < -0.3 is 0 Å². The fourth-order valence-corrected chi connectivity index (χ4v) is 2.65. The Labute approximate surface area is 155 Å². The summed E-state index contributed by atoms with van der Waals surface area (Å²) in [6.07, 6.45) is 1.26. The molecule has 1 heterocycles. The molecular weight excluding hydrogens is 354 g/mol. The number of aryl methyl sites for hydroxylation is 2. The number of carbonyl (C=O) groups excluding carboxylic acids is 3. The summed E-state index contributed by atoms with van der Waals surface area (Å²) in [5, 5.41) is 2.66. The van der Waals surface area contributed by atoms with E-state index in [1.54, 1.807) is 18.2 Å². The number of urea groups is 1. The van der Waals surface area contributed by atoms with Gasteiger partial charge in [0.25, 0.3) is 5.91 Å². The Hall–Kier alpha value is -2.99. The van der Waals surface area contributed by atoms with Crippen molar-refractivity contribution < 1.29 is 14.4 Å². The van der Waals surface area contributed by atoms with Crippen LogP contribution in [0.25, 0.3) is 0 Å². The van der Waals surface area contributed by atoms with Crippen LogP contribution in [0.15, 0.2) is 47.5 Å². The molecule has 26 heavy (non-hydrogen) atoms. The molecule has 1 aliphatic rings. The summed E-state index contributed by atoms with van der Waals surface area (Å²) in [5.41, 5.74) is 3.13. The third kappa shape index (κ3) is 3.50. The summed E-state index contributed by atoms with van der Waals surface area (Å²) in [6, 6.07) is 11.0. The second kappa shape index (κ2) is 7.09.